The lowest BCUT2D eigenvalue weighted by atomic mass is 10.3. The molecule has 2 rings (SSSR count). The van der Waals surface area contributed by atoms with E-state index < -0.39 is 0 Å². The summed E-state index contributed by atoms with van der Waals surface area (Å²) in [6, 6.07) is 2.04. The molecule has 4 nitrogen and oxygen atoms in total. The van der Waals surface area contributed by atoms with Gasteiger partial charge in [0, 0.05) is 49.2 Å². The molecule has 1 aliphatic rings. The molecule has 0 amide bonds. The highest BCUT2D eigenvalue weighted by Gasteiger charge is 2.16. The highest BCUT2D eigenvalue weighted by atomic mass is 15.3. The van der Waals surface area contributed by atoms with Crippen molar-refractivity contribution in [1.29, 1.82) is 0 Å². The van der Waals surface area contributed by atoms with E-state index in [1.165, 1.54) is 0 Å². The molecule has 0 atom stereocenters. The van der Waals surface area contributed by atoms with E-state index in [1.807, 2.05) is 39.2 Å². The van der Waals surface area contributed by atoms with Crippen molar-refractivity contribution >= 4 is 18.6 Å². The average molecular weight is 262 g/mol. The van der Waals surface area contributed by atoms with Gasteiger partial charge in [0.25, 0.3) is 0 Å². The zero-order chi connectivity index (χ0) is 14.3. The maximum atomic E-state index is 4.52. The van der Waals surface area contributed by atoms with Crippen LogP contribution >= 0.6 is 0 Å². The molecule has 1 saturated heterocycles. The van der Waals surface area contributed by atoms with Gasteiger partial charge in [-0.15, -0.1) is 0 Å². The van der Waals surface area contributed by atoms with Crippen molar-refractivity contribution in [2.75, 3.05) is 33.2 Å². The summed E-state index contributed by atoms with van der Waals surface area (Å²) in [6.45, 7) is 14.2. The molecular weight excluding hydrogens is 236 g/mol. The Balaban J connectivity index is 0.000000861. The Labute approximate surface area is 116 Å². The molecule has 0 aromatic carbocycles. The zero-order valence-electron chi connectivity index (χ0n) is 12.6. The van der Waals surface area contributed by atoms with Gasteiger partial charge in [0.2, 0.25) is 0 Å². The Morgan fingerprint density at radius 2 is 1.95 bits per heavy atom. The molecule has 0 unspecified atom stereocenters. The lowest BCUT2D eigenvalue weighted by Gasteiger charge is -2.33. The summed E-state index contributed by atoms with van der Waals surface area (Å²) in [4.78, 5) is 12.3. The van der Waals surface area contributed by atoms with Gasteiger partial charge in [0.1, 0.15) is 5.82 Å². The molecule has 106 valence electrons. The van der Waals surface area contributed by atoms with Gasteiger partial charge in [0.15, 0.2) is 0 Å². The van der Waals surface area contributed by atoms with Crippen LogP contribution in [0.5, 0.6) is 0 Å². The Hall–Kier alpha value is -1.55. The van der Waals surface area contributed by atoms with E-state index in [0.29, 0.717) is 0 Å². The normalized spacial score (nSPS) is 18.2. The molecule has 0 radical (unpaired) electrons. The standard InChI is InChI=1S/C13H20N4.C2H6/c1-4-14-13(12-5-6-15-11(12)2)17-9-7-16(3)8-10-17;1-2/h4-6,15H,2,7-10H2,1,3H3;1-2H3/b13-12+,14-4-;. The first-order valence-electron chi connectivity index (χ1n) is 7.01. The van der Waals surface area contributed by atoms with Gasteiger partial charge in [-0.1, -0.05) is 20.4 Å². The van der Waals surface area contributed by atoms with Gasteiger partial charge in [0.05, 0.1) is 0 Å². The number of hydrogen-bond donors (Lipinski definition) is 1. The van der Waals surface area contributed by atoms with Crippen LogP contribution in [0.1, 0.15) is 20.8 Å². The predicted molar refractivity (Wildman–Crippen MR) is 83.6 cm³/mol. The molecule has 1 aliphatic heterocycles. The van der Waals surface area contributed by atoms with E-state index in [0.717, 1.165) is 42.6 Å². The third kappa shape index (κ3) is 3.96. The third-order valence-electron chi connectivity index (χ3n) is 3.13. The number of aliphatic imine (C=N–C) groups is 1. The van der Waals surface area contributed by atoms with Crippen LogP contribution in [-0.4, -0.2) is 54.2 Å². The number of nitrogens with one attached hydrogen (secondary N) is 1. The highest BCUT2D eigenvalue weighted by molar-refractivity contribution is 5.62. The van der Waals surface area contributed by atoms with E-state index in [4.69, 9.17) is 0 Å². The lowest BCUT2D eigenvalue weighted by molar-refractivity contribution is 0.204. The smallest absolute Gasteiger partial charge is 0.137 e. The van der Waals surface area contributed by atoms with Crippen molar-refractivity contribution in [1.82, 2.24) is 14.8 Å². The summed E-state index contributed by atoms with van der Waals surface area (Å²) >= 11 is 0. The first-order chi connectivity index (χ1) is 9.22. The number of likely N-dealkylation sites (N-methyl/N-ethyl adjacent to an activating group) is 1. The fraction of sp³-hybridized carbons (Fsp3) is 0.533. The van der Waals surface area contributed by atoms with E-state index in [-0.39, 0.29) is 0 Å². The largest absolute Gasteiger partial charge is 0.362 e. The van der Waals surface area contributed by atoms with E-state index in [2.05, 4.69) is 33.4 Å². The summed E-state index contributed by atoms with van der Waals surface area (Å²) in [7, 11) is 2.16. The molecule has 2 heterocycles. The number of piperazine rings is 1. The van der Waals surface area contributed by atoms with Crippen molar-refractivity contribution in [3.63, 3.8) is 0 Å². The van der Waals surface area contributed by atoms with Crippen LogP contribution in [0.2, 0.25) is 0 Å². The number of H-pyrrole nitrogens is 1. The van der Waals surface area contributed by atoms with E-state index >= 15 is 0 Å². The summed E-state index contributed by atoms with van der Waals surface area (Å²) < 4.78 is 0. The second-order valence-electron chi connectivity index (χ2n) is 4.37. The minimum absolute atomic E-state index is 0.935. The predicted octanol–water partition coefficient (Wildman–Crippen LogP) is 0.855. The third-order valence-corrected chi connectivity index (χ3v) is 3.13. The van der Waals surface area contributed by atoms with Crippen molar-refractivity contribution in [2.45, 2.75) is 20.8 Å². The van der Waals surface area contributed by atoms with Crippen LogP contribution in [0.4, 0.5) is 0 Å². The Morgan fingerprint density at radius 3 is 2.42 bits per heavy atom. The van der Waals surface area contributed by atoms with Gasteiger partial charge in [-0.2, -0.15) is 0 Å². The fourth-order valence-corrected chi connectivity index (χ4v) is 2.08. The molecule has 1 fully saturated rings. The van der Waals surface area contributed by atoms with Crippen LogP contribution in [0.25, 0.3) is 12.4 Å². The number of nitrogens with zero attached hydrogens (tertiary/aromatic N) is 3. The summed E-state index contributed by atoms with van der Waals surface area (Å²) in [5.41, 5.74) is 0. The second kappa shape index (κ2) is 7.79. The molecule has 0 aliphatic carbocycles. The molecule has 1 N–H and O–H groups in total. The van der Waals surface area contributed by atoms with E-state index in [1.54, 1.807) is 0 Å². The molecular formula is C15H26N4. The Kier molecular flexibility index (Phi) is 6.36. The van der Waals surface area contributed by atoms with Gasteiger partial charge >= 0.3 is 0 Å². The van der Waals surface area contributed by atoms with Crippen LogP contribution in [0, 0.1) is 0 Å². The van der Waals surface area contributed by atoms with Crippen molar-refractivity contribution < 1.29 is 0 Å². The van der Waals surface area contributed by atoms with Crippen molar-refractivity contribution in [3.8, 4) is 0 Å². The van der Waals surface area contributed by atoms with Crippen molar-refractivity contribution in [2.24, 2.45) is 4.99 Å². The lowest BCUT2D eigenvalue weighted by Crippen LogP contribution is -2.45. The first-order valence-corrected chi connectivity index (χ1v) is 7.01. The number of rotatable bonds is 2. The zero-order valence-corrected chi connectivity index (χ0v) is 12.6. The van der Waals surface area contributed by atoms with Crippen LogP contribution in [-0.2, 0) is 0 Å². The van der Waals surface area contributed by atoms with Crippen LogP contribution in [0.15, 0.2) is 17.3 Å². The van der Waals surface area contributed by atoms with E-state index in [9.17, 15) is 0 Å². The fourth-order valence-electron chi connectivity index (χ4n) is 2.08. The Morgan fingerprint density at radius 1 is 1.32 bits per heavy atom. The average Bonchev–Trinajstić information content (AvgIpc) is 2.86. The number of aromatic amines is 1. The summed E-state index contributed by atoms with van der Waals surface area (Å²) in [5.74, 6) is 1.03. The number of hydrogen-bond acceptors (Lipinski definition) is 3. The molecule has 0 spiro atoms. The van der Waals surface area contributed by atoms with Crippen LogP contribution < -0.4 is 10.6 Å². The molecule has 1 aromatic heterocycles. The maximum absolute atomic E-state index is 4.52. The topological polar surface area (TPSA) is 34.6 Å². The van der Waals surface area contributed by atoms with Crippen molar-refractivity contribution in [3.05, 3.63) is 22.8 Å². The molecule has 0 saturated carbocycles. The highest BCUT2D eigenvalue weighted by Crippen LogP contribution is 2.08. The molecule has 1 aromatic rings. The van der Waals surface area contributed by atoms with Gasteiger partial charge in [-0.05, 0) is 20.0 Å². The van der Waals surface area contributed by atoms with Crippen LogP contribution in [0.3, 0.4) is 0 Å². The minimum Gasteiger partial charge on any atom is -0.362 e. The van der Waals surface area contributed by atoms with Gasteiger partial charge in [-0.25, -0.2) is 4.99 Å². The Bertz CT molecular complexity index is 492. The number of aromatic nitrogens is 1. The SMILES string of the molecule is C=c1[nH]cc/c1=C(/N=C\C)N1CCN(C)CC1.CC. The quantitative estimate of drug-likeness (QED) is 0.802. The second-order valence-corrected chi connectivity index (χ2v) is 4.37. The molecule has 4 heteroatoms. The minimum atomic E-state index is 0.935. The first kappa shape index (κ1) is 15.5. The van der Waals surface area contributed by atoms with Gasteiger partial charge < -0.3 is 14.8 Å². The monoisotopic (exact) mass is 262 g/mol. The molecule has 0 bridgehead atoms. The summed E-state index contributed by atoms with van der Waals surface area (Å²) in [5, 5.41) is 2.04. The van der Waals surface area contributed by atoms with Gasteiger partial charge in [-0.3, -0.25) is 0 Å². The summed E-state index contributed by atoms with van der Waals surface area (Å²) in [6.07, 6.45) is 3.76. The molecule has 19 heavy (non-hydrogen) atoms. The maximum Gasteiger partial charge on any atom is 0.137 e.